The second kappa shape index (κ2) is 7.37. The Labute approximate surface area is 137 Å². The third kappa shape index (κ3) is 3.76. The molecule has 0 N–H and O–H groups in total. The molecule has 0 aliphatic heterocycles. The highest BCUT2D eigenvalue weighted by Gasteiger charge is 2.23. The van der Waals surface area contributed by atoms with Crippen molar-refractivity contribution in [3.05, 3.63) is 48.5 Å². The van der Waals surface area contributed by atoms with Crippen molar-refractivity contribution in [1.29, 1.82) is 0 Å². The van der Waals surface area contributed by atoms with E-state index in [1.807, 2.05) is 6.92 Å². The molecule has 2 aromatic rings. The fraction of sp³-hybridized carbons (Fsp3) is 0.294. The smallest absolute Gasteiger partial charge is 0.264 e. The lowest BCUT2D eigenvalue weighted by Gasteiger charge is -2.23. The molecule has 0 aliphatic rings. The number of hydrogen-bond donors (Lipinski definition) is 0. The standard InChI is InChI=1S/C17H21NO4S/c1-4-18(14-7-6-8-16(13-14)22-5-2)23(19,20)17-11-9-15(21-3)10-12-17/h6-13H,4-5H2,1-3H3. The minimum absolute atomic E-state index is 0.224. The van der Waals surface area contributed by atoms with Gasteiger partial charge in [-0.05, 0) is 50.2 Å². The Balaban J connectivity index is 2.39. The summed E-state index contributed by atoms with van der Waals surface area (Å²) in [5.74, 6) is 1.26. The zero-order valence-corrected chi connectivity index (χ0v) is 14.3. The highest BCUT2D eigenvalue weighted by Crippen LogP contribution is 2.27. The van der Waals surface area contributed by atoms with Crippen molar-refractivity contribution in [3.63, 3.8) is 0 Å². The van der Waals surface area contributed by atoms with E-state index in [-0.39, 0.29) is 4.90 Å². The molecule has 0 saturated heterocycles. The summed E-state index contributed by atoms with van der Waals surface area (Å²) in [6, 6.07) is 13.4. The molecule has 0 fully saturated rings. The second-order valence-corrected chi connectivity index (χ2v) is 6.64. The van der Waals surface area contributed by atoms with Gasteiger partial charge in [-0.1, -0.05) is 6.07 Å². The number of methoxy groups -OCH3 is 1. The Morgan fingerprint density at radius 2 is 1.70 bits per heavy atom. The van der Waals surface area contributed by atoms with Gasteiger partial charge >= 0.3 is 0 Å². The Morgan fingerprint density at radius 3 is 2.26 bits per heavy atom. The first-order valence-corrected chi connectivity index (χ1v) is 8.86. The Hall–Kier alpha value is -2.21. The molecule has 0 saturated carbocycles. The third-order valence-corrected chi connectivity index (χ3v) is 5.27. The van der Waals surface area contributed by atoms with Gasteiger partial charge in [0.25, 0.3) is 10.0 Å². The van der Waals surface area contributed by atoms with Gasteiger partial charge in [0.15, 0.2) is 0 Å². The number of benzene rings is 2. The molecule has 0 radical (unpaired) electrons. The van der Waals surface area contributed by atoms with Gasteiger partial charge in [0.1, 0.15) is 11.5 Å². The van der Waals surface area contributed by atoms with E-state index in [1.165, 1.54) is 4.31 Å². The van der Waals surface area contributed by atoms with Gasteiger partial charge < -0.3 is 9.47 Å². The van der Waals surface area contributed by atoms with Crippen molar-refractivity contribution < 1.29 is 17.9 Å². The number of hydrogen-bond acceptors (Lipinski definition) is 4. The summed E-state index contributed by atoms with van der Waals surface area (Å²) in [6.07, 6.45) is 0. The van der Waals surface area contributed by atoms with Crippen LogP contribution in [0.25, 0.3) is 0 Å². The van der Waals surface area contributed by atoms with Gasteiger partial charge in [0.05, 0.1) is 24.3 Å². The molecule has 0 heterocycles. The first-order valence-electron chi connectivity index (χ1n) is 7.42. The minimum Gasteiger partial charge on any atom is -0.497 e. The maximum absolute atomic E-state index is 12.9. The monoisotopic (exact) mass is 335 g/mol. The van der Waals surface area contributed by atoms with Crippen LogP contribution in [0.15, 0.2) is 53.4 Å². The Morgan fingerprint density at radius 1 is 1.00 bits per heavy atom. The van der Waals surface area contributed by atoms with E-state index in [1.54, 1.807) is 62.6 Å². The van der Waals surface area contributed by atoms with Crippen LogP contribution in [0.1, 0.15) is 13.8 Å². The summed E-state index contributed by atoms with van der Waals surface area (Å²) in [5.41, 5.74) is 0.578. The number of ether oxygens (including phenoxy) is 2. The zero-order chi connectivity index (χ0) is 16.9. The summed E-state index contributed by atoms with van der Waals surface area (Å²) in [4.78, 5) is 0.224. The first-order chi connectivity index (χ1) is 11.0. The first kappa shape index (κ1) is 17.1. The van der Waals surface area contributed by atoms with Crippen LogP contribution >= 0.6 is 0 Å². The van der Waals surface area contributed by atoms with E-state index in [0.29, 0.717) is 30.3 Å². The minimum atomic E-state index is -3.64. The lowest BCUT2D eigenvalue weighted by Crippen LogP contribution is -2.30. The van der Waals surface area contributed by atoms with Crippen LogP contribution in [0.3, 0.4) is 0 Å². The molecule has 0 bridgehead atoms. The molecule has 5 nitrogen and oxygen atoms in total. The van der Waals surface area contributed by atoms with Crippen molar-refractivity contribution in [2.45, 2.75) is 18.7 Å². The van der Waals surface area contributed by atoms with Crippen LogP contribution in [-0.2, 0) is 10.0 Å². The number of sulfonamides is 1. The summed E-state index contributed by atoms with van der Waals surface area (Å²) >= 11 is 0. The zero-order valence-electron chi connectivity index (χ0n) is 13.5. The molecular weight excluding hydrogens is 314 g/mol. The van der Waals surface area contributed by atoms with E-state index in [9.17, 15) is 8.42 Å². The maximum atomic E-state index is 12.9. The largest absolute Gasteiger partial charge is 0.497 e. The van der Waals surface area contributed by atoms with Crippen LogP contribution in [0.2, 0.25) is 0 Å². The van der Waals surface area contributed by atoms with Crippen LogP contribution < -0.4 is 13.8 Å². The second-order valence-electron chi connectivity index (χ2n) is 4.78. The highest BCUT2D eigenvalue weighted by atomic mass is 32.2. The fourth-order valence-electron chi connectivity index (χ4n) is 2.26. The normalized spacial score (nSPS) is 11.1. The van der Waals surface area contributed by atoms with E-state index in [0.717, 1.165) is 0 Å². The van der Waals surface area contributed by atoms with Gasteiger partial charge in [-0.15, -0.1) is 0 Å². The van der Waals surface area contributed by atoms with E-state index < -0.39 is 10.0 Å². The molecule has 0 spiro atoms. The fourth-order valence-corrected chi connectivity index (χ4v) is 3.73. The summed E-state index contributed by atoms with van der Waals surface area (Å²) < 4.78 is 37.6. The van der Waals surface area contributed by atoms with E-state index in [4.69, 9.17) is 9.47 Å². The van der Waals surface area contributed by atoms with Crippen molar-refractivity contribution in [2.75, 3.05) is 24.6 Å². The van der Waals surface area contributed by atoms with E-state index in [2.05, 4.69) is 0 Å². The molecule has 0 atom stereocenters. The molecule has 23 heavy (non-hydrogen) atoms. The molecule has 0 aliphatic carbocycles. The Kier molecular flexibility index (Phi) is 5.50. The van der Waals surface area contributed by atoms with Crippen LogP contribution in [-0.4, -0.2) is 28.7 Å². The number of nitrogens with zero attached hydrogens (tertiary/aromatic N) is 1. The van der Waals surface area contributed by atoms with Gasteiger partial charge in [-0.25, -0.2) is 8.42 Å². The summed E-state index contributed by atoms with van der Waals surface area (Å²) in [7, 11) is -2.10. The van der Waals surface area contributed by atoms with Gasteiger partial charge in [0.2, 0.25) is 0 Å². The van der Waals surface area contributed by atoms with Crippen LogP contribution in [0.4, 0.5) is 5.69 Å². The number of anilines is 1. The lowest BCUT2D eigenvalue weighted by atomic mass is 10.3. The molecule has 6 heteroatoms. The highest BCUT2D eigenvalue weighted by molar-refractivity contribution is 7.92. The average molecular weight is 335 g/mol. The lowest BCUT2D eigenvalue weighted by molar-refractivity contribution is 0.340. The van der Waals surface area contributed by atoms with Crippen molar-refractivity contribution in [1.82, 2.24) is 0 Å². The maximum Gasteiger partial charge on any atom is 0.264 e. The molecule has 2 rings (SSSR count). The molecule has 2 aromatic carbocycles. The SMILES string of the molecule is CCOc1cccc(N(CC)S(=O)(=O)c2ccc(OC)cc2)c1. The van der Waals surface area contributed by atoms with Gasteiger partial charge in [-0.3, -0.25) is 4.31 Å². The number of rotatable bonds is 7. The average Bonchev–Trinajstić information content (AvgIpc) is 2.56. The molecule has 124 valence electrons. The third-order valence-electron chi connectivity index (χ3n) is 3.35. The van der Waals surface area contributed by atoms with Crippen molar-refractivity contribution >= 4 is 15.7 Å². The predicted molar refractivity (Wildman–Crippen MR) is 90.8 cm³/mol. The van der Waals surface area contributed by atoms with Crippen LogP contribution in [0, 0.1) is 0 Å². The van der Waals surface area contributed by atoms with E-state index >= 15 is 0 Å². The molecule has 0 unspecified atom stereocenters. The van der Waals surface area contributed by atoms with Gasteiger partial charge in [0, 0.05) is 12.6 Å². The van der Waals surface area contributed by atoms with Crippen LogP contribution in [0.5, 0.6) is 11.5 Å². The quantitative estimate of drug-likeness (QED) is 0.779. The predicted octanol–water partition coefficient (Wildman–Crippen LogP) is 3.31. The van der Waals surface area contributed by atoms with Gasteiger partial charge in [-0.2, -0.15) is 0 Å². The van der Waals surface area contributed by atoms with Crippen molar-refractivity contribution in [3.8, 4) is 11.5 Å². The van der Waals surface area contributed by atoms with Crippen molar-refractivity contribution in [2.24, 2.45) is 0 Å². The molecule has 0 amide bonds. The molecular formula is C17H21NO4S. The Bertz CT molecular complexity index is 741. The summed E-state index contributed by atoms with van der Waals surface area (Å²) in [5, 5.41) is 0. The summed E-state index contributed by atoms with van der Waals surface area (Å²) in [6.45, 7) is 4.54. The topological polar surface area (TPSA) is 55.8 Å². The molecule has 0 aromatic heterocycles.